The molecule has 0 spiro atoms. The minimum absolute atomic E-state index is 0.000374. The largest absolute Gasteiger partial charge is 0.508 e. The van der Waals surface area contributed by atoms with Crippen molar-refractivity contribution in [2.45, 2.75) is 6.18 Å². The molecule has 156 valence electrons. The van der Waals surface area contributed by atoms with Crippen molar-refractivity contribution in [2.24, 2.45) is 0 Å². The highest BCUT2D eigenvalue weighted by Gasteiger charge is 2.39. The molecule has 0 bridgehead atoms. The summed E-state index contributed by atoms with van der Waals surface area (Å²) in [6.45, 7) is -0.0872. The van der Waals surface area contributed by atoms with Gasteiger partial charge in [0.05, 0.1) is 11.3 Å². The summed E-state index contributed by atoms with van der Waals surface area (Å²) in [6, 6.07) is 13.6. The number of hydrogen-bond acceptors (Lipinski definition) is 4. The van der Waals surface area contributed by atoms with E-state index in [1.54, 1.807) is 30.3 Å². The second-order valence-electron chi connectivity index (χ2n) is 6.23. The number of amides is 2. The summed E-state index contributed by atoms with van der Waals surface area (Å²) in [5.74, 6) is -1.39. The minimum Gasteiger partial charge on any atom is -0.508 e. The zero-order valence-electron chi connectivity index (χ0n) is 15.5. The number of rotatable bonds is 6. The monoisotopic (exact) mass is 418 g/mol. The number of halogens is 3. The number of nitrogens with one attached hydrogen (secondary N) is 2. The zero-order chi connectivity index (χ0) is 21.7. The quantitative estimate of drug-likeness (QED) is 0.537. The number of hydrogen-bond donors (Lipinski definition) is 3. The normalized spacial score (nSPS) is 11.2. The fourth-order valence-electron chi connectivity index (χ4n) is 2.62. The average Bonchev–Trinajstić information content (AvgIpc) is 3.18. The first-order chi connectivity index (χ1) is 14.3. The molecule has 2 aromatic carbocycles. The molecule has 0 aliphatic carbocycles. The van der Waals surface area contributed by atoms with Gasteiger partial charge in [-0.2, -0.15) is 18.3 Å². The molecular formula is C20H17F3N4O3. The number of benzene rings is 2. The van der Waals surface area contributed by atoms with Gasteiger partial charge in [0.1, 0.15) is 5.75 Å². The first-order valence-electron chi connectivity index (χ1n) is 8.83. The first kappa shape index (κ1) is 20.9. The minimum atomic E-state index is -4.81. The maximum absolute atomic E-state index is 13.3. The third-order valence-electron chi connectivity index (χ3n) is 4.07. The molecule has 0 radical (unpaired) electrons. The van der Waals surface area contributed by atoms with Crippen molar-refractivity contribution >= 4 is 11.8 Å². The molecule has 3 N–H and O–H groups in total. The Hall–Kier alpha value is -3.82. The Morgan fingerprint density at radius 2 is 1.53 bits per heavy atom. The fourth-order valence-corrected chi connectivity index (χ4v) is 2.62. The van der Waals surface area contributed by atoms with Crippen molar-refractivity contribution < 1.29 is 27.9 Å². The lowest BCUT2D eigenvalue weighted by Crippen LogP contribution is -2.35. The Morgan fingerprint density at radius 1 is 0.933 bits per heavy atom. The van der Waals surface area contributed by atoms with Gasteiger partial charge in [-0.25, -0.2) is 4.68 Å². The van der Waals surface area contributed by atoms with E-state index < -0.39 is 29.2 Å². The molecule has 0 fully saturated rings. The van der Waals surface area contributed by atoms with Crippen molar-refractivity contribution in [1.29, 1.82) is 0 Å². The molecule has 7 nitrogen and oxygen atoms in total. The van der Waals surface area contributed by atoms with E-state index in [-0.39, 0.29) is 18.8 Å². The van der Waals surface area contributed by atoms with Gasteiger partial charge in [-0.3, -0.25) is 9.59 Å². The van der Waals surface area contributed by atoms with Crippen LogP contribution in [0.4, 0.5) is 13.2 Å². The van der Waals surface area contributed by atoms with Crippen LogP contribution in [0.25, 0.3) is 5.69 Å². The van der Waals surface area contributed by atoms with Crippen LogP contribution in [0.15, 0.2) is 60.8 Å². The second kappa shape index (κ2) is 8.68. The molecule has 3 rings (SSSR count). The highest BCUT2D eigenvalue weighted by atomic mass is 19.4. The second-order valence-corrected chi connectivity index (χ2v) is 6.23. The van der Waals surface area contributed by atoms with Crippen LogP contribution in [-0.4, -0.2) is 39.8 Å². The molecule has 0 unspecified atom stereocenters. The molecule has 1 heterocycles. The van der Waals surface area contributed by atoms with Gasteiger partial charge in [0.2, 0.25) is 0 Å². The molecule has 3 aromatic rings. The molecule has 0 saturated carbocycles. The van der Waals surface area contributed by atoms with Gasteiger partial charge in [-0.05, 0) is 36.4 Å². The highest BCUT2D eigenvalue weighted by Crippen LogP contribution is 2.31. The van der Waals surface area contributed by atoms with Crippen molar-refractivity contribution in [1.82, 2.24) is 20.4 Å². The van der Waals surface area contributed by atoms with Crippen LogP contribution in [0.2, 0.25) is 0 Å². The maximum atomic E-state index is 13.3. The number of aromatic hydroxyl groups is 1. The third kappa shape index (κ3) is 4.96. The van der Waals surface area contributed by atoms with E-state index in [0.717, 1.165) is 10.9 Å². The summed E-state index contributed by atoms with van der Waals surface area (Å²) in [5.41, 5.74) is -1.24. The van der Waals surface area contributed by atoms with Crippen LogP contribution in [-0.2, 0) is 6.18 Å². The number of nitrogens with zero attached hydrogens (tertiary/aromatic N) is 2. The van der Waals surface area contributed by atoms with Crippen molar-refractivity contribution in [3.05, 3.63) is 77.6 Å². The van der Waals surface area contributed by atoms with Crippen molar-refractivity contribution in [3.63, 3.8) is 0 Å². The Kier molecular flexibility index (Phi) is 6.05. The van der Waals surface area contributed by atoms with E-state index in [0.29, 0.717) is 11.3 Å². The van der Waals surface area contributed by atoms with Crippen LogP contribution in [0.5, 0.6) is 5.75 Å². The first-order valence-corrected chi connectivity index (χ1v) is 8.83. The van der Waals surface area contributed by atoms with E-state index in [1.807, 2.05) is 0 Å². The molecule has 1 aromatic heterocycles. The van der Waals surface area contributed by atoms with E-state index in [4.69, 9.17) is 0 Å². The smallest absolute Gasteiger partial charge is 0.435 e. The summed E-state index contributed by atoms with van der Waals surface area (Å²) in [7, 11) is 0. The Labute approximate surface area is 169 Å². The lowest BCUT2D eigenvalue weighted by molar-refractivity contribution is -0.141. The van der Waals surface area contributed by atoms with E-state index in [1.165, 1.54) is 24.3 Å². The van der Waals surface area contributed by atoms with Gasteiger partial charge in [-0.15, -0.1) is 0 Å². The maximum Gasteiger partial charge on any atom is 0.435 e. The molecule has 2 amide bonds. The van der Waals surface area contributed by atoms with Crippen LogP contribution in [0.3, 0.4) is 0 Å². The Morgan fingerprint density at radius 3 is 2.13 bits per heavy atom. The predicted octanol–water partition coefficient (Wildman–Crippen LogP) is 2.76. The summed E-state index contributed by atoms with van der Waals surface area (Å²) >= 11 is 0. The topological polar surface area (TPSA) is 96.3 Å². The molecular weight excluding hydrogens is 401 g/mol. The molecule has 0 saturated heterocycles. The standard InChI is InChI=1S/C20H17F3N4O3/c21-20(22,23)17-16(12-27(26-17)14-4-2-1-3-5-14)19(30)25-11-10-24-18(29)13-6-8-15(28)9-7-13/h1-9,12,28H,10-11H2,(H,24,29)(H,25,30). The zero-order valence-corrected chi connectivity index (χ0v) is 15.5. The van der Waals surface area contributed by atoms with E-state index in [2.05, 4.69) is 15.7 Å². The Balaban J connectivity index is 1.64. The van der Waals surface area contributed by atoms with Crippen molar-refractivity contribution in [3.8, 4) is 11.4 Å². The van der Waals surface area contributed by atoms with E-state index in [9.17, 15) is 27.9 Å². The van der Waals surface area contributed by atoms with Crippen molar-refractivity contribution in [2.75, 3.05) is 13.1 Å². The lowest BCUT2D eigenvalue weighted by atomic mass is 10.2. The van der Waals surface area contributed by atoms with Gasteiger partial charge in [0.25, 0.3) is 11.8 Å². The number of para-hydroxylation sites is 1. The summed E-state index contributed by atoms with van der Waals surface area (Å²) in [5, 5.41) is 17.6. The van der Waals surface area contributed by atoms with Gasteiger partial charge in [0.15, 0.2) is 5.69 Å². The third-order valence-corrected chi connectivity index (χ3v) is 4.07. The fraction of sp³-hybridized carbons (Fsp3) is 0.150. The molecule has 30 heavy (non-hydrogen) atoms. The van der Waals surface area contributed by atoms with Gasteiger partial charge in [-0.1, -0.05) is 18.2 Å². The van der Waals surface area contributed by atoms with Gasteiger partial charge < -0.3 is 15.7 Å². The van der Waals surface area contributed by atoms with E-state index >= 15 is 0 Å². The van der Waals surface area contributed by atoms with Crippen LogP contribution in [0.1, 0.15) is 26.4 Å². The SMILES string of the molecule is O=C(NCCNC(=O)c1cn(-c2ccccc2)nc1C(F)(F)F)c1ccc(O)cc1. The molecule has 10 heteroatoms. The molecule has 0 aliphatic rings. The molecule has 0 atom stereocenters. The van der Waals surface area contributed by atoms with Gasteiger partial charge >= 0.3 is 6.18 Å². The number of carbonyl (C=O) groups is 2. The number of phenols is 1. The predicted molar refractivity (Wildman–Crippen MR) is 101 cm³/mol. The number of aromatic nitrogens is 2. The molecule has 0 aliphatic heterocycles. The van der Waals surface area contributed by atoms with Crippen LogP contribution in [0, 0.1) is 0 Å². The number of phenolic OH excluding ortho intramolecular Hbond substituents is 1. The lowest BCUT2D eigenvalue weighted by Gasteiger charge is -2.08. The van der Waals surface area contributed by atoms with Crippen LogP contribution < -0.4 is 10.6 Å². The summed E-state index contributed by atoms with van der Waals surface area (Å²) in [4.78, 5) is 24.3. The number of carbonyl (C=O) groups excluding carboxylic acids is 2. The van der Waals surface area contributed by atoms with Gasteiger partial charge in [0, 0.05) is 24.8 Å². The Bertz CT molecular complexity index is 1030. The summed E-state index contributed by atoms with van der Waals surface area (Å²) < 4.78 is 40.9. The van der Waals surface area contributed by atoms with Crippen LogP contribution >= 0.6 is 0 Å². The summed E-state index contributed by atoms with van der Waals surface area (Å²) in [6.07, 6.45) is -3.79. The number of alkyl halides is 3. The average molecular weight is 418 g/mol. The highest BCUT2D eigenvalue weighted by molar-refractivity contribution is 5.96.